The molecule has 3 aromatic carbocycles. The summed E-state index contributed by atoms with van der Waals surface area (Å²) in [4.78, 5) is 22.2. The zero-order valence-corrected chi connectivity index (χ0v) is 20.9. The Morgan fingerprint density at radius 3 is 2.50 bits per heavy atom. The average molecular weight is 537 g/mol. The summed E-state index contributed by atoms with van der Waals surface area (Å²) in [6.07, 6.45) is -2.87. The third-order valence-electron chi connectivity index (χ3n) is 5.90. The van der Waals surface area contributed by atoms with Gasteiger partial charge in [-0.2, -0.15) is 18.3 Å². The van der Waals surface area contributed by atoms with Crippen molar-refractivity contribution in [3.8, 4) is 11.4 Å². The summed E-state index contributed by atoms with van der Waals surface area (Å²) < 4.78 is 40.8. The predicted octanol–water partition coefficient (Wildman–Crippen LogP) is 7.01. The molecule has 0 saturated carbocycles. The van der Waals surface area contributed by atoms with Crippen LogP contribution in [0.2, 0.25) is 5.02 Å². The lowest BCUT2D eigenvalue weighted by atomic mass is 10.1. The molecule has 0 spiro atoms. The number of benzene rings is 3. The fourth-order valence-corrected chi connectivity index (χ4v) is 3.97. The molecular formula is C27H20ClF3N6O. The van der Waals surface area contributed by atoms with Gasteiger partial charge in [0.05, 0.1) is 17.1 Å². The Balaban J connectivity index is 1.47. The molecule has 38 heavy (non-hydrogen) atoms. The Morgan fingerprint density at radius 2 is 1.76 bits per heavy atom. The lowest BCUT2D eigenvalue weighted by Gasteiger charge is -2.14. The lowest BCUT2D eigenvalue weighted by Crippen LogP contribution is -2.13. The fraction of sp³-hybridized carbons (Fsp3) is 0.111. The van der Waals surface area contributed by atoms with Gasteiger partial charge in [-0.25, -0.2) is 9.97 Å². The van der Waals surface area contributed by atoms with E-state index >= 15 is 0 Å². The maximum absolute atomic E-state index is 13.1. The number of aryl methyl sites for hydroxylation is 2. The highest BCUT2D eigenvalue weighted by molar-refractivity contribution is 6.30. The first kappa shape index (κ1) is 25.2. The minimum Gasteiger partial charge on any atom is -0.339 e. The summed E-state index contributed by atoms with van der Waals surface area (Å²) >= 11 is 6.03. The molecule has 0 aliphatic rings. The Labute approximate surface area is 220 Å². The molecule has 2 heterocycles. The molecule has 0 aliphatic carbocycles. The van der Waals surface area contributed by atoms with Crippen molar-refractivity contribution in [2.24, 2.45) is 7.05 Å². The van der Waals surface area contributed by atoms with Gasteiger partial charge in [0, 0.05) is 34.6 Å². The lowest BCUT2D eigenvalue weighted by molar-refractivity contribution is -0.137. The number of hydrogen-bond donors (Lipinski definition) is 2. The van der Waals surface area contributed by atoms with E-state index in [4.69, 9.17) is 16.6 Å². The third kappa shape index (κ3) is 5.16. The number of carbonyl (C=O) groups is 1. The molecule has 0 unspecified atom stereocenters. The number of rotatable bonds is 5. The van der Waals surface area contributed by atoms with Gasteiger partial charge in [-0.15, -0.1) is 0 Å². The smallest absolute Gasteiger partial charge is 0.339 e. The number of amides is 1. The van der Waals surface area contributed by atoms with Crippen molar-refractivity contribution >= 4 is 45.7 Å². The van der Waals surface area contributed by atoms with Crippen molar-refractivity contribution < 1.29 is 18.0 Å². The van der Waals surface area contributed by atoms with Crippen LogP contribution in [0.1, 0.15) is 21.5 Å². The van der Waals surface area contributed by atoms with E-state index < -0.39 is 17.6 Å². The van der Waals surface area contributed by atoms with E-state index in [0.29, 0.717) is 33.4 Å². The average Bonchev–Trinajstić information content (AvgIpc) is 3.26. The third-order valence-corrected chi connectivity index (χ3v) is 6.15. The first-order chi connectivity index (χ1) is 18.1. The predicted molar refractivity (Wildman–Crippen MR) is 141 cm³/mol. The highest BCUT2D eigenvalue weighted by Gasteiger charge is 2.30. The molecule has 0 radical (unpaired) electrons. The summed E-state index contributed by atoms with van der Waals surface area (Å²) in [6, 6.07) is 16.6. The van der Waals surface area contributed by atoms with Gasteiger partial charge in [0.25, 0.3) is 5.91 Å². The van der Waals surface area contributed by atoms with E-state index in [2.05, 4.69) is 20.7 Å². The van der Waals surface area contributed by atoms with Crippen molar-refractivity contribution in [2.75, 3.05) is 10.6 Å². The van der Waals surface area contributed by atoms with Crippen LogP contribution in [-0.2, 0) is 13.2 Å². The van der Waals surface area contributed by atoms with Gasteiger partial charge in [0.1, 0.15) is 5.82 Å². The molecule has 5 aromatic rings. The first-order valence-corrected chi connectivity index (χ1v) is 11.8. The quantitative estimate of drug-likeness (QED) is 0.252. The van der Waals surface area contributed by atoms with Gasteiger partial charge in [0.2, 0.25) is 0 Å². The van der Waals surface area contributed by atoms with E-state index in [1.54, 1.807) is 48.3 Å². The maximum atomic E-state index is 13.1. The summed E-state index contributed by atoms with van der Waals surface area (Å²) in [6.45, 7) is 1.86. The molecule has 7 nitrogen and oxygen atoms in total. The minimum absolute atomic E-state index is 0.0420. The second-order valence-corrected chi connectivity index (χ2v) is 9.03. The zero-order valence-electron chi connectivity index (χ0n) is 20.1. The number of nitrogens with zero attached hydrogens (tertiary/aromatic N) is 4. The van der Waals surface area contributed by atoms with Gasteiger partial charge in [-0.3, -0.25) is 9.48 Å². The number of fused-ring (bicyclic) bond motifs is 1. The second-order valence-electron chi connectivity index (χ2n) is 8.60. The standard InChI is InChI=1S/C27H20ClF3N6O/c1-15-6-7-17(26(38)33-20-5-3-4-18(13-20)27(29,30)31)12-22(15)34-24-21-14-32-37(2)25(21)36-23(35-24)16-8-10-19(28)11-9-16/h3-14H,1-2H3,(H,33,38)(H,34,35,36). The van der Waals surface area contributed by atoms with E-state index in [1.807, 2.05) is 19.1 Å². The molecule has 11 heteroatoms. The van der Waals surface area contributed by atoms with Crippen LogP contribution >= 0.6 is 11.6 Å². The first-order valence-electron chi connectivity index (χ1n) is 11.4. The van der Waals surface area contributed by atoms with Gasteiger partial charge in [0.15, 0.2) is 11.5 Å². The number of carbonyl (C=O) groups excluding carboxylic acids is 1. The number of anilines is 3. The van der Waals surface area contributed by atoms with E-state index in [1.165, 1.54) is 12.1 Å². The van der Waals surface area contributed by atoms with Crippen molar-refractivity contribution in [1.29, 1.82) is 0 Å². The molecule has 0 bridgehead atoms. The Hall–Kier alpha value is -4.44. The van der Waals surface area contributed by atoms with E-state index in [9.17, 15) is 18.0 Å². The van der Waals surface area contributed by atoms with Gasteiger partial charge < -0.3 is 10.6 Å². The van der Waals surface area contributed by atoms with Crippen LogP contribution in [0.5, 0.6) is 0 Å². The molecular weight excluding hydrogens is 517 g/mol. The van der Waals surface area contributed by atoms with E-state index in [0.717, 1.165) is 23.3 Å². The summed E-state index contributed by atoms with van der Waals surface area (Å²) in [7, 11) is 1.77. The number of hydrogen-bond acceptors (Lipinski definition) is 5. The summed E-state index contributed by atoms with van der Waals surface area (Å²) in [5.41, 5.74) is 2.22. The molecule has 5 rings (SSSR count). The maximum Gasteiger partial charge on any atom is 0.416 e. The molecule has 0 fully saturated rings. The summed E-state index contributed by atoms with van der Waals surface area (Å²) in [5.74, 6) is 0.381. The van der Waals surface area contributed by atoms with Crippen LogP contribution in [0, 0.1) is 6.92 Å². The number of aromatic nitrogens is 4. The normalized spacial score (nSPS) is 11.5. The Kier molecular flexibility index (Phi) is 6.50. The summed E-state index contributed by atoms with van der Waals surface area (Å²) in [5, 5.41) is 11.4. The van der Waals surface area contributed by atoms with Crippen LogP contribution < -0.4 is 10.6 Å². The van der Waals surface area contributed by atoms with Crippen LogP contribution in [0.3, 0.4) is 0 Å². The van der Waals surface area contributed by atoms with Crippen molar-refractivity contribution in [1.82, 2.24) is 19.7 Å². The number of nitrogens with one attached hydrogen (secondary N) is 2. The highest BCUT2D eigenvalue weighted by Crippen LogP contribution is 2.32. The molecule has 192 valence electrons. The largest absolute Gasteiger partial charge is 0.416 e. The molecule has 1 amide bonds. The number of alkyl halides is 3. The molecule has 2 N–H and O–H groups in total. The van der Waals surface area contributed by atoms with Crippen molar-refractivity contribution in [2.45, 2.75) is 13.1 Å². The Morgan fingerprint density at radius 1 is 1.00 bits per heavy atom. The van der Waals surface area contributed by atoms with Crippen LogP contribution in [0.15, 0.2) is 72.9 Å². The van der Waals surface area contributed by atoms with Crippen LogP contribution in [0.4, 0.5) is 30.4 Å². The molecule has 0 aliphatic heterocycles. The van der Waals surface area contributed by atoms with Gasteiger partial charge in [-0.1, -0.05) is 23.7 Å². The van der Waals surface area contributed by atoms with Crippen LogP contribution in [-0.4, -0.2) is 25.7 Å². The van der Waals surface area contributed by atoms with Crippen LogP contribution in [0.25, 0.3) is 22.4 Å². The van der Waals surface area contributed by atoms with Crippen molar-refractivity contribution in [3.63, 3.8) is 0 Å². The molecule has 0 saturated heterocycles. The SMILES string of the molecule is Cc1ccc(C(=O)Nc2cccc(C(F)(F)F)c2)cc1Nc1nc(-c2ccc(Cl)cc2)nc2c1cnn2C. The Bertz CT molecular complexity index is 1660. The van der Waals surface area contributed by atoms with Crippen molar-refractivity contribution in [3.05, 3.63) is 94.6 Å². The van der Waals surface area contributed by atoms with E-state index in [-0.39, 0.29) is 11.3 Å². The second kappa shape index (κ2) is 9.79. The fourth-order valence-electron chi connectivity index (χ4n) is 3.85. The number of halogens is 4. The molecule has 2 aromatic heterocycles. The topological polar surface area (TPSA) is 84.7 Å². The zero-order chi connectivity index (χ0) is 27.0. The highest BCUT2D eigenvalue weighted by atomic mass is 35.5. The van der Waals surface area contributed by atoms with Gasteiger partial charge in [-0.05, 0) is 67.1 Å². The minimum atomic E-state index is -4.51. The van der Waals surface area contributed by atoms with Gasteiger partial charge >= 0.3 is 6.18 Å². The molecule has 0 atom stereocenters. The monoisotopic (exact) mass is 536 g/mol.